The van der Waals surface area contributed by atoms with Gasteiger partial charge in [0.2, 0.25) is 10.0 Å². The van der Waals surface area contributed by atoms with E-state index in [1.54, 1.807) is 12.1 Å². The summed E-state index contributed by atoms with van der Waals surface area (Å²) in [7, 11) is -3.65. The first-order chi connectivity index (χ1) is 11.6. The number of rotatable bonds is 5. The van der Waals surface area contributed by atoms with Gasteiger partial charge in [0.15, 0.2) is 0 Å². The van der Waals surface area contributed by atoms with Crippen LogP contribution in [0.3, 0.4) is 0 Å². The normalized spacial score (nSPS) is 16.0. The van der Waals surface area contributed by atoms with Crippen LogP contribution < -0.4 is 0 Å². The molecule has 1 aromatic heterocycles. The molecule has 128 valence electrons. The summed E-state index contributed by atoms with van der Waals surface area (Å²) in [6.07, 6.45) is 1.48. The number of morpholine rings is 1. The molecule has 0 radical (unpaired) electrons. The topological polar surface area (TPSA) is 86.0 Å². The van der Waals surface area contributed by atoms with Crippen molar-refractivity contribution < 1.29 is 27.1 Å². The van der Waals surface area contributed by atoms with Crippen molar-refractivity contribution in [3.8, 4) is 0 Å². The highest BCUT2D eigenvalue weighted by atomic mass is 32.2. The number of hydrogen-bond donors (Lipinski definition) is 0. The fraction of sp³-hybridized carbons (Fsp3) is 0.312. The zero-order valence-electron chi connectivity index (χ0n) is 12.9. The van der Waals surface area contributed by atoms with E-state index in [2.05, 4.69) is 0 Å². The first-order valence-corrected chi connectivity index (χ1v) is 8.89. The molecule has 1 saturated heterocycles. The van der Waals surface area contributed by atoms with E-state index in [4.69, 9.17) is 13.9 Å². The monoisotopic (exact) mass is 351 g/mol. The van der Waals surface area contributed by atoms with E-state index in [0.717, 1.165) is 0 Å². The van der Waals surface area contributed by atoms with Crippen LogP contribution >= 0.6 is 0 Å². The molecule has 0 bridgehead atoms. The molecule has 1 aliphatic heterocycles. The van der Waals surface area contributed by atoms with E-state index < -0.39 is 16.0 Å². The lowest BCUT2D eigenvalue weighted by Gasteiger charge is -2.26. The largest absolute Gasteiger partial charge is 0.466 e. The molecule has 2 heterocycles. The van der Waals surface area contributed by atoms with Crippen LogP contribution in [-0.4, -0.2) is 45.0 Å². The minimum absolute atomic E-state index is 0.00766. The van der Waals surface area contributed by atoms with Gasteiger partial charge >= 0.3 is 5.97 Å². The molecule has 24 heavy (non-hydrogen) atoms. The van der Waals surface area contributed by atoms with Gasteiger partial charge in [-0.25, -0.2) is 13.2 Å². The number of benzene rings is 1. The summed E-state index contributed by atoms with van der Waals surface area (Å²) in [6.45, 7) is 1.32. The standard InChI is InChI=1S/C16H17NO6S/c18-16(23-12-14-4-2-8-22-14)13-3-1-5-15(11-13)24(19,20)17-6-9-21-10-7-17/h1-5,8,11H,6-7,9-10,12H2. The lowest BCUT2D eigenvalue weighted by Crippen LogP contribution is -2.40. The Labute approximate surface area is 139 Å². The van der Waals surface area contributed by atoms with Gasteiger partial charge < -0.3 is 13.9 Å². The second-order valence-corrected chi connectivity index (χ2v) is 7.14. The van der Waals surface area contributed by atoms with E-state index >= 15 is 0 Å². The highest BCUT2D eigenvalue weighted by molar-refractivity contribution is 7.89. The molecule has 1 aromatic carbocycles. The van der Waals surface area contributed by atoms with E-state index in [1.807, 2.05) is 0 Å². The predicted octanol–water partition coefficient (Wildman–Crippen LogP) is 1.66. The second kappa shape index (κ2) is 7.16. The van der Waals surface area contributed by atoms with Gasteiger partial charge in [-0.05, 0) is 30.3 Å². The van der Waals surface area contributed by atoms with Crippen LogP contribution in [0, 0.1) is 0 Å². The van der Waals surface area contributed by atoms with Gasteiger partial charge in [-0.1, -0.05) is 6.07 Å². The SMILES string of the molecule is O=C(OCc1ccco1)c1cccc(S(=O)(=O)N2CCOCC2)c1. The number of esters is 1. The van der Waals surface area contributed by atoms with Crippen molar-refractivity contribution in [3.63, 3.8) is 0 Å². The van der Waals surface area contributed by atoms with E-state index in [0.29, 0.717) is 32.1 Å². The summed E-state index contributed by atoms with van der Waals surface area (Å²) in [4.78, 5) is 12.2. The van der Waals surface area contributed by atoms with Crippen molar-refractivity contribution in [1.82, 2.24) is 4.31 Å². The van der Waals surface area contributed by atoms with E-state index in [9.17, 15) is 13.2 Å². The van der Waals surface area contributed by atoms with Gasteiger partial charge in [-0.2, -0.15) is 4.31 Å². The van der Waals surface area contributed by atoms with Gasteiger partial charge in [0.25, 0.3) is 0 Å². The fourth-order valence-electron chi connectivity index (χ4n) is 2.33. The average molecular weight is 351 g/mol. The summed E-state index contributed by atoms with van der Waals surface area (Å²) < 4.78 is 42.0. The van der Waals surface area contributed by atoms with E-state index in [-0.39, 0.29) is 17.1 Å². The zero-order chi connectivity index (χ0) is 17.0. The van der Waals surface area contributed by atoms with Crippen LogP contribution in [-0.2, 0) is 26.1 Å². The van der Waals surface area contributed by atoms with Crippen molar-refractivity contribution >= 4 is 16.0 Å². The second-order valence-electron chi connectivity index (χ2n) is 5.20. The summed E-state index contributed by atoms with van der Waals surface area (Å²) >= 11 is 0. The quantitative estimate of drug-likeness (QED) is 0.762. The Kier molecular flexibility index (Phi) is 4.98. The summed E-state index contributed by atoms with van der Waals surface area (Å²) in [6, 6.07) is 9.22. The Balaban J connectivity index is 1.74. The number of sulfonamides is 1. The van der Waals surface area contributed by atoms with Gasteiger partial charge in [0.1, 0.15) is 12.4 Å². The number of nitrogens with zero attached hydrogens (tertiary/aromatic N) is 1. The fourth-order valence-corrected chi connectivity index (χ4v) is 3.79. The Morgan fingerprint density at radius 1 is 1.17 bits per heavy atom. The first-order valence-electron chi connectivity index (χ1n) is 7.45. The Bertz CT molecular complexity index is 794. The maximum atomic E-state index is 12.6. The third kappa shape index (κ3) is 3.66. The van der Waals surface area contributed by atoms with Crippen LogP contribution in [0.2, 0.25) is 0 Å². The summed E-state index contributed by atoms with van der Waals surface area (Å²) in [5.74, 6) is -0.0918. The smallest absolute Gasteiger partial charge is 0.338 e. The minimum atomic E-state index is -3.65. The number of hydrogen-bond acceptors (Lipinski definition) is 6. The van der Waals surface area contributed by atoms with Crippen molar-refractivity contribution in [3.05, 3.63) is 54.0 Å². The van der Waals surface area contributed by atoms with Gasteiger partial charge in [0.05, 0.1) is 29.9 Å². The Morgan fingerprint density at radius 2 is 1.96 bits per heavy atom. The van der Waals surface area contributed by atoms with Crippen molar-refractivity contribution in [2.24, 2.45) is 0 Å². The molecule has 1 fully saturated rings. The molecular weight excluding hydrogens is 334 g/mol. The molecular formula is C16H17NO6S. The maximum Gasteiger partial charge on any atom is 0.338 e. The number of carbonyl (C=O) groups is 1. The van der Waals surface area contributed by atoms with Crippen molar-refractivity contribution in [1.29, 1.82) is 0 Å². The van der Waals surface area contributed by atoms with Crippen LogP contribution in [0.4, 0.5) is 0 Å². The maximum absolute atomic E-state index is 12.6. The molecule has 1 aliphatic rings. The minimum Gasteiger partial charge on any atom is -0.466 e. The van der Waals surface area contributed by atoms with Crippen LogP contribution in [0.25, 0.3) is 0 Å². The lowest BCUT2D eigenvalue weighted by molar-refractivity contribution is 0.0445. The Morgan fingerprint density at radius 3 is 2.67 bits per heavy atom. The zero-order valence-corrected chi connectivity index (χ0v) is 13.7. The van der Waals surface area contributed by atoms with Gasteiger partial charge in [-0.15, -0.1) is 0 Å². The number of furan rings is 1. The molecule has 3 rings (SSSR count). The average Bonchev–Trinajstić information content (AvgIpc) is 3.14. The molecule has 0 spiro atoms. The highest BCUT2D eigenvalue weighted by Crippen LogP contribution is 2.19. The van der Waals surface area contributed by atoms with Crippen LogP contribution in [0.15, 0.2) is 52.0 Å². The van der Waals surface area contributed by atoms with Crippen LogP contribution in [0.1, 0.15) is 16.1 Å². The van der Waals surface area contributed by atoms with Gasteiger partial charge in [-0.3, -0.25) is 0 Å². The molecule has 2 aromatic rings. The Hall–Kier alpha value is -2.16. The van der Waals surface area contributed by atoms with Crippen LogP contribution in [0.5, 0.6) is 0 Å². The summed E-state index contributed by atoms with van der Waals surface area (Å²) in [5.41, 5.74) is 0.177. The van der Waals surface area contributed by atoms with Crippen molar-refractivity contribution in [2.75, 3.05) is 26.3 Å². The molecule has 0 aliphatic carbocycles. The highest BCUT2D eigenvalue weighted by Gasteiger charge is 2.27. The molecule has 0 N–H and O–H groups in total. The molecule has 7 nitrogen and oxygen atoms in total. The number of carbonyl (C=O) groups excluding carboxylic acids is 1. The molecule has 0 amide bonds. The third-order valence-corrected chi connectivity index (χ3v) is 5.50. The first kappa shape index (κ1) is 16.7. The molecule has 8 heteroatoms. The third-order valence-electron chi connectivity index (χ3n) is 3.60. The molecule has 0 atom stereocenters. The number of ether oxygens (including phenoxy) is 2. The van der Waals surface area contributed by atoms with Gasteiger partial charge in [0, 0.05) is 13.1 Å². The lowest BCUT2D eigenvalue weighted by atomic mass is 10.2. The summed E-state index contributed by atoms with van der Waals surface area (Å²) in [5, 5.41) is 0. The molecule has 0 unspecified atom stereocenters. The van der Waals surface area contributed by atoms with Crippen molar-refractivity contribution in [2.45, 2.75) is 11.5 Å². The molecule has 0 saturated carbocycles. The van der Waals surface area contributed by atoms with E-state index in [1.165, 1.54) is 34.8 Å². The predicted molar refractivity (Wildman–Crippen MR) is 83.8 cm³/mol.